The fraction of sp³-hybridized carbons (Fsp3) is 0.333. The predicted molar refractivity (Wildman–Crippen MR) is 112 cm³/mol. The summed E-state index contributed by atoms with van der Waals surface area (Å²) >= 11 is 0. The number of para-hydroxylation sites is 2. The number of fused-ring (bicyclic) bond motifs is 2. The molecular weight excluding hydrogens is 364 g/mol. The molecule has 0 N–H and O–H groups in total. The number of piperidine rings is 1. The second-order valence-corrected chi connectivity index (χ2v) is 7.93. The summed E-state index contributed by atoms with van der Waals surface area (Å²) in [7, 11) is 0. The van der Waals surface area contributed by atoms with Gasteiger partial charge < -0.3 is 14.5 Å². The number of likely N-dealkylation sites (tertiary alicyclic amines) is 1. The maximum absolute atomic E-state index is 13.1. The van der Waals surface area contributed by atoms with Crippen LogP contribution >= 0.6 is 0 Å². The molecule has 0 aromatic heterocycles. The van der Waals surface area contributed by atoms with Gasteiger partial charge in [0.2, 0.25) is 5.91 Å². The number of carbonyl (C=O) groups excluding carboxylic acids is 2. The van der Waals surface area contributed by atoms with Gasteiger partial charge in [-0.15, -0.1) is 0 Å². The van der Waals surface area contributed by atoms with E-state index in [1.54, 1.807) is 0 Å². The fourth-order valence-corrected chi connectivity index (χ4v) is 4.56. The summed E-state index contributed by atoms with van der Waals surface area (Å²) in [5.74, 6) is 1.04. The minimum absolute atomic E-state index is 0.0116. The van der Waals surface area contributed by atoms with E-state index in [4.69, 9.17) is 4.74 Å². The molecule has 29 heavy (non-hydrogen) atoms. The van der Waals surface area contributed by atoms with Gasteiger partial charge in [0.05, 0.1) is 5.57 Å². The lowest BCUT2D eigenvalue weighted by molar-refractivity contribution is -0.132. The number of amides is 2. The Balaban J connectivity index is 1.23. The van der Waals surface area contributed by atoms with Crippen molar-refractivity contribution < 1.29 is 14.3 Å². The summed E-state index contributed by atoms with van der Waals surface area (Å²) in [5.41, 5.74) is 3.93. The number of anilines is 1. The van der Waals surface area contributed by atoms with Crippen molar-refractivity contribution in [3.05, 3.63) is 65.2 Å². The Morgan fingerprint density at radius 3 is 2.55 bits per heavy atom. The number of hydrogen-bond acceptors (Lipinski definition) is 3. The molecule has 3 aliphatic heterocycles. The van der Waals surface area contributed by atoms with Crippen LogP contribution in [0.2, 0.25) is 0 Å². The normalized spacial score (nSPS) is 18.6. The second-order valence-electron chi connectivity index (χ2n) is 7.93. The van der Waals surface area contributed by atoms with Crippen LogP contribution in [0.25, 0.3) is 6.08 Å². The van der Waals surface area contributed by atoms with Gasteiger partial charge in [0.1, 0.15) is 12.4 Å². The Bertz CT molecular complexity index is 989. The van der Waals surface area contributed by atoms with Gasteiger partial charge in [0.25, 0.3) is 5.91 Å². The molecule has 0 aliphatic carbocycles. The van der Waals surface area contributed by atoms with E-state index < -0.39 is 0 Å². The molecule has 0 radical (unpaired) electrons. The average Bonchev–Trinajstić information content (AvgIpc) is 3.22. The van der Waals surface area contributed by atoms with E-state index in [9.17, 15) is 9.59 Å². The molecule has 5 rings (SSSR count). The van der Waals surface area contributed by atoms with Crippen LogP contribution in [0.15, 0.2) is 54.1 Å². The summed E-state index contributed by atoms with van der Waals surface area (Å²) in [6, 6.07) is 15.9. The standard InChI is InChI=1S/C24H24N2O3/c27-23(20-15-19-6-2-4-8-22(19)29-16-20)25-12-9-18(10-13-25)24(28)26-14-11-17-5-1-3-7-21(17)26/h1-8,15,18H,9-14,16H2. The van der Waals surface area contributed by atoms with Gasteiger partial charge in [-0.25, -0.2) is 0 Å². The zero-order valence-corrected chi connectivity index (χ0v) is 16.3. The highest BCUT2D eigenvalue weighted by atomic mass is 16.5. The van der Waals surface area contributed by atoms with Crippen molar-refractivity contribution in [3.8, 4) is 5.75 Å². The molecule has 3 heterocycles. The molecule has 2 aromatic rings. The van der Waals surface area contributed by atoms with Crippen molar-refractivity contribution in [1.82, 2.24) is 4.90 Å². The minimum Gasteiger partial charge on any atom is -0.488 e. The van der Waals surface area contributed by atoms with Gasteiger partial charge in [0, 0.05) is 36.8 Å². The van der Waals surface area contributed by atoms with E-state index >= 15 is 0 Å². The van der Waals surface area contributed by atoms with Crippen molar-refractivity contribution in [2.24, 2.45) is 5.92 Å². The zero-order valence-electron chi connectivity index (χ0n) is 16.3. The van der Waals surface area contributed by atoms with Gasteiger partial charge in [-0.3, -0.25) is 9.59 Å². The number of benzene rings is 2. The lowest BCUT2D eigenvalue weighted by Crippen LogP contribution is -2.45. The number of hydrogen-bond donors (Lipinski definition) is 0. The summed E-state index contributed by atoms with van der Waals surface area (Å²) in [6.07, 6.45) is 4.29. The molecule has 0 atom stereocenters. The molecule has 3 aliphatic rings. The van der Waals surface area contributed by atoms with Crippen molar-refractivity contribution in [2.75, 3.05) is 31.1 Å². The van der Waals surface area contributed by atoms with Crippen LogP contribution in [-0.4, -0.2) is 43.0 Å². The monoisotopic (exact) mass is 388 g/mol. The first kappa shape index (κ1) is 18.0. The first-order valence-corrected chi connectivity index (χ1v) is 10.3. The van der Waals surface area contributed by atoms with E-state index in [-0.39, 0.29) is 17.7 Å². The first-order valence-electron chi connectivity index (χ1n) is 10.3. The SMILES string of the molecule is O=C(C1=Cc2ccccc2OC1)N1CCC(C(=O)N2CCc3ccccc32)CC1. The number of ether oxygens (including phenoxy) is 1. The second kappa shape index (κ2) is 7.39. The van der Waals surface area contributed by atoms with Crippen LogP contribution in [0.1, 0.15) is 24.0 Å². The number of rotatable bonds is 2. The average molecular weight is 388 g/mol. The van der Waals surface area contributed by atoms with E-state index in [2.05, 4.69) is 6.07 Å². The third-order valence-electron chi connectivity index (χ3n) is 6.19. The van der Waals surface area contributed by atoms with Crippen LogP contribution in [0.3, 0.4) is 0 Å². The Morgan fingerprint density at radius 1 is 0.931 bits per heavy atom. The Labute approximate surface area is 170 Å². The highest BCUT2D eigenvalue weighted by molar-refractivity contribution is 6.00. The van der Waals surface area contributed by atoms with Crippen LogP contribution < -0.4 is 9.64 Å². The largest absolute Gasteiger partial charge is 0.488 e. The molecule has 5 heteroatoms. The molecule has 1 saturated heterocycles. The molecule has 0 saturated carbocycles. The summed E-state index contributed by atoms with van der Waals surface area (Å²) in [4.78, 5) is 29.8. The highest BCUT2D eigenvalue weighted by Crippen LogP contribution is 2.32. The first-order chi connectivity index (χ1) is 14.2. The van der Waals surface area contributed by atoms with Crippen LogP contribution in [0.5, 0.6) is 5.75 Å². The molecule has 0 spiro atoms. The number of nitrogens with zero attached hydrogens (tertiary/aromatic N) is 2. The molecule has 1 fully saturated rings. The van der Waals surface area contributed by atoms with Gasteiger partial charge in [-0.2, -0.15) is 0 Å². The molecule has 0 bridgehead atoms. The predicted octanol–water partition coefficient (Wildman–Crippen LogP) is 3.29. The topological polar surface area (TPSA) is 49.9 Å². The summed E-state index contributed by atoms with van der Waals surface area (Å²) in [6.45, 7) is 2.30. The maximum Gasteiger partial charge on any atom is 0.253 e. The summed E-state index contributed by atoms with van der Waals surface area (Å²) in [5, 5.41) is 0. The van der Waals surface area contributed by atoms with Crippen LogP contribution in [-0.2, 0) is 16.0 Å². The quantitative estimate of drug-likeness (QED) is 0.793. The lowest BCUT2D eigenvalue weighted by Gasteiger charge is -2.34. The highest BCUT2D eigenvalue weighted by Gasteiger charge is 2.34. The van der Waals surface area contributed by atoms with Gasteiger partial charge in [-0.1, -0.05) is 36.4 Å². The van der Waals surface area contributed by atoms with E-state index in [0.717, 1.165) is 30.0 Å². The van der Waals surface area contributed by atoms with Gasteiger partial charge in [0.15, 0.2) is 0 Å². The van der Waals surface area contributed by atoms with Gasteiger partial charge >= 0.3 is 0 Å². The van der Waals surface area contributed by atoms with E-state index in [1.807, 2.05) is 58.3 Å². The smallest absolute Gasteiger partial charge is 0.253 e. The van der Waals surface area contributed by atoms with Crippen molar-refractivity contribution in [2.45, 2.75) is 19.3 Å². The lowest BCUT2D eigenvalue weighted by atomic mass is 9.94. The molecular formula is C24H24N2O3. The van der Waals surface area contributed by atoms with E-state index in [1.165, 1.54) is 5.56 Å². The zero-order chi connectivity index (χ0) is 19.8. The number of carbonyl (C=O) groups is 2. The Hall–Kier alpha value is -3.08. The Morgan fingerprint density at radius 2 is 1.69 bits per heavy atom. The third kappa shape index (κ3) is 3.31. The third-order valence-corrected chi connectivity index (χ3v) is 6.19. The minimum atomic E-state index is -0.0116. The molecule has 148 valence electrons. The van der Waals surface area contributed by atoms with E-state index in [0.29, 0.717) is 38.1 Å². The molecule has 2 amide bonds. The van der Waals surface area contributed by atoms with Crippen molar-refractivity contribution in [1.29, 1.82) is 0 Å². The van der Waals surface area contributed by atoms with Crippen LogP contribution in [0, 0.1) is 5.92 Å². The van der Waals surface area contributed by atoms with Crippen molar-refractivity contribution in [3.63, 3.8) is 0 Å². The van der Waals surface area contributed by atoms with Crippen molar-refractivity contribution >= 4 is 23.6 Å². The summed E-state index contributed by atoms with van der Waals surface area (Å²) < 4.78 is 5.73. The maximum atomic E-state index is 13.1. The van der Waals surface area contributed by atoms with Crippen LogP contribution in [0.4, 0.5) is 5.69 Å². The molecule has 0 unspecified atom stereocenters. The molecule has 2 aromatic carbocycles. The van der Waals surface area contributed by atoms with Gasteiger partial charge in [-0.05, 0) is 43.0 Å². The fourth-order valence-electron chi connectivity index (χ4n) is 4.56. The Kier molecular flexibility index (Phi) is 4.58. The molecule has 5 nitrogen and oxygen atoms in total.